The predicted octanol–water partition coefficient (Wildman–Crippen LogP) is 4.02. The molecule has 1 fully saturated rings. The molecule has 2 nitrogen and oxygen atoms in total. The fourth-order valence-electron chi connectivity index (χ4n) is 2.46. The lowest BCUT2D eigenvalue weighted by Gasteiger charge is -2.27. The van der Waals surface area contributed by atoms with Crippen molar-refractivity contribution in [3.63, 3.8) is 0 Å². The van der Waals surface area contributed by atoms with Crippen molar-refractivity contribution in [1.29, 1.82) is 0 Å². The van der Waals surface area contributed by atoms with E-state index in [0.29, 0.717) is 11.7 Å². The highest BCUT2D eigenvalue weighted by Crippen LogP contribution is 2.36. The van der Waals surface area contributed by atoms with Crippen molar-refractivity contribution >= 4 is 5.69 Å². The van der Waals surface area contributed by atoms with Crippen LogP contribution in [0.5, 0.6) is 0 Å². The fourth-order valence-corrected chi connectivity index (χ4v) is 2.46. The first kappa shape index (κ1) is 16.1. The van der Waals surface area contributed by atoms with Crippen LogP contribution < -0.4 is 10.2 Å². The summed E-state index contributed by atoms with van der Waals surface area (Å²) in [5.41, 5.74) is 2.73. The van der Waals surface area contributed by atoms with Crippen LogP contribution in [0.4, 0.5) is 18.9 Å². The first-order valence-electron chi connectivity index (χ1n) is 7.42. The Morgan fingerprint density at radius 3 is 2.43 bits per heavy atom. The summed E-state index contributed by atoms with van der Waals surface area (Å²) >= 11 is 0. The number of aryl methyl sites for hydroxylation is 1. The molecule has 0 spiro atoms. The topological polar surface area (TPSA) is 15.3 Å². The third-order valence-electron chi connectivity index (χ3n) is 3.62. The predicted molar refractivity (Wildman–Crippen MR) is 79.6 cm³/mol. The van der Waals surface area contributed by atoms with Crippen molar-refractivity contribution in [1.82, 2.24) is 5.32 Å². The van der Waals surface area contributed by atoms with E-state index in [2.05, 4.69) is 19.2 Å². The number of anilines is 1. The minimum absolute atomic E-state index is 0.0463. The Bertz CT molecular complexity index is 479. The minimum atomic E-state index is -4.16. The van der Waals surface area contributed by atoms with Crippen LogP contribution in [-0.4, -0.2) is 24.8 Å². The Kier molecular flexibility index (Phi) is 4.81. The molecule has 5 heteroatoms. The summed E-state index contributed by atoms with van der Waals surface area (Å²) in [5, 5.41) is 3.32. The van der Waals surface area contributed by atoms with E-state index in [4.69, 9.17) is 0 Å². The number of hydrogen-bond acceptors (Lipinski definition) is 2. The van der Waals surface area contributed by atoms with Crippen LogP contribution in [0.1, 0.15) is 37.8 Å². The van der Waals surface area contributed by atoms with E-state index < -0.39 is 12.7 Å². The molecule has 0 saturated heterocycles. The van der Waals surface area contributed by atoms with E-state index in [9.17, 15) is 13.2 Å². The van der Waals surface area contributed by atoms with Gasteiger partial charge in [0.25, 0.3) is 0 Å². The van der Waals surface area contributed by atoms with Crippen LogP contribution in [0, 0.1) is 6.92 Å². The average molecular weight is 300 g/mol. The largest absolute Gasteiger partial charge is 0.405 e. The molecule has 1 aliphatic carbocycles. The van der Waals surface area contributed by atoms with Gasteiger partial charge in [-0.2, -0.15) is 13.2 Å². The molecule has 1 aliphatic rings. The smallest absolute Gasteiger partial charge is 0.359 e. The lowest BCUT2D eigenvalue weighted by atomic mass is 10.1. The van der Waals surface area contributed by atoms with Gasteiger partial charge in [-0.25, -0.2) is 0 Å². The second-order valence-corrected chi connectivity index (χ2v) is 6.13. The van der Waals surface area contributed by atoms with E-state index in [1.165, 1.54) is 4.90 Å². The molecule has 0 heterocycles. The van der Waals surface area contributed by atoms with Gasteiger partial charge in [0.1, 0.15) is 6.54 Å². The Morgan fingerprint density at radius 2 is 1.95 bits per heavy atom. The van der Waals surface area contributed by atoms with Crippen molar-refractivity contribution in [3.05, 3.63) is 29.3 Å². The molecule has 1 aromatic rings. The van der Waals surface area contributed by atoms with Gasteiger partial charge in [0.2, 0.25) is 0 Å². The third kappa shape index (κ3) is 4.92. The molecule has 0 aliphatic heterocycles. The number of halogens is 3. The van der Waals surface area contributed by atoms with Crippen molar-refractivity contribution in [2.75, 3.05) is 11.4 Å². The molecule has 1 N–H and O–H groups in total. The molecule has 2 rings (SSSR count). The Hall–Kier alpha value is -1.23. The van der Waals surface area contributed by atoms with Crippen LogP contribution in [-0.2, 0) is 6.54 Å². The minimum Gasteiger partial charge on any atom is -0.359 e. The lowest BCUT2D eigenvalue weighted by Crippen LogP contribution is -2.36. The van der Waals surface area contributed by atoms with Crippen molar-refractivity contribution in [3.8, 4) is 0 Å². The van der Waals surface area contributed by atoms with E-state index in [1.807, 2.05) is 25.1 Å². The number of benzene rings is 1. The van der Waals surface area contributed by atoms with Gasteiger partial charge in [0, 0.05) is 24.3 Å². The van der Waals surface area contributed by atoms with Gasteiger partial charge in [0.15, 0.2) is 0 Å². The van der Waals surface area contributed by atoms with Crippen molar-refractivity contribution in [2.45, 2.75) is 58.4 Å². The molecule has 21 heavy (non-hydrogen) atoms. The van der Waals surface area contributed by atoms with E-state index in [-0.39, 0.29) is 6.04 Å². The standard InChI is InChI=1S/C16H23F3N2/c1-11(2)20-9-13-4-7-15(12(3)8-13)21(14-5-6-14)10-16(17,18)19/h4,7-8,11,14,20H,5-6,9-10H2,1-3H3. The summed E-state index contributed by atoms with van der Waals surface area (Å²) < 4.78 is 38.2. The highest BCUT2D eigenvalue weighted by Gasteiger charge is 2.38. The maximum Gasteiger partial charge on any atom is 0.405 e. The van der Waals surface area contributed by atoms with Gasteiger partial charge in [-0.1, -0.05) is 26.0 Å². The Balaban J connectivity index is 2.14. The molecule has 118 valence electrons. The first-order chi connectivity index (χ1) is 9.76. The summed E-state index contributed by atoms with van der Waals surface area (Å²) in [4.78, 5) is 1.51. The molecule has 0 radical (unpaired) electrons. The zero-order valence-electron chi connectivity index (χ0n) is 12.8. The van der Waals surface area contributed by atoms with Crippen LogP contribution >= 0.6 is 0 Å². The van der Waals surface area contributed by atoms with Gasteiger partial charge >= 0.3 is 6.18 Å². The molecular formula is C16H23F3N2. The first-order valence-corrected chi connectivity index (χ1v) is 7.42. The second kappa shape index (κ2) is 6.26. The van der Waals surface area contributed by atoms with Crippen LogP contribution in [0.15, 0.2) is 18.2 Å². The molecular weight excluding hydrogens is 277 g/mol. The van der Waals surface area contributed by atoms with Crippen molar-refractivity contribution in [2.24, 2.45) is 0 Å². The number of nitrogens with zero attached hydrogens (tertiary/aromatic N) is 1. The number of rotatable bonds is 6. The number of nitrogens with one attached hydrogen (secondary N) is 1. The Labute approximate surface area is 124 Å². The van der Waals surface area contributed by atoms with Gasteiger partial charge in [-0.05, 0) is 37.0 Å². The van der Waals surface area contributed by atoms with Crippen LogP contribution in [0.3, 0.4) is 0 Å². The maximum absolute atomic E-state index is 12.7. The quantitative estimate of drug-likeness (QED) is 0.853. The third-order valence-corrected chi connectivity index (χ3v) is 3.62. The molecule has 0 amide bonds. The Morgan fingerprint density at radius 1 is 1.29 bits per heavy atom. The van der Waals surface area contributed by atoms with Crippen LogP contribution in [0.25, 0.3) is 0 Å². The zero-order chi connectivity index (χ0) is 15.6. The van der Waals surface area contributed by atoms with E-state index in [1.54, 1.807) is 0 Å². The number of alkyl halides is 3. The second-order valence-electron chi connectivity index (χ2n) is 6.13. The van der Waals surface area contributed by atoms with E-state index in [0.717, 1.165) is 30.5 Å². The highest BCUT2D eigenvalue weighted by atomic mass is 19.4. The summed E-state index contributed by atoms with van der Waals surface area (Å²) in [6.45, 7) is 5.91. The molecule has 0 unspecified atom stereocenters. The SMILES string of the molecule is Cc1cc(CNC(C)C)ccc1N(CC(F)(F)F)C1CC1. The monoisotopic (exact) mass is 300 g/mol. The molecule has 0 atom stereocenters. The summed E-state index contributed by atoms with van der Waals surface area (Å²) in [5.74, 6) is 0. The van der Waals surface area contributed by atoms with Crippen molar-refractivity contribution < 1.29 is 13.2 Å². The number of hydrogen-bond donors (Lipinski definition) is 1. The van der Waals surface area contributed by atoms with Gasteiger partial charge in [-0.15, -0.1) is 0 Å². The van der Waals surface area contributed by atoms with E-state index >= 15 is 0 Å². The average Bonchev–Trinajstić information content (AvgIpc) is 3.17. The summed E-state index contributed by atoms with van der Waals surface area (Å²) in [7, 11) is 0. The molecule has 1 aromatic carbocycles. The summed E-state index contributed by atoms with van der Waals surface area (Å²) in [6.07, 6.45) is -2.45. The zero-order valence-corrected chi connectivity index (χ0v) is 12.8. The molecule has 0 aromatic heterocycles. The normalized spacial score (nSPS) is 15.6. The van der Waals surface area contributed by atoms with Gasteiger partial charge < -0.3 is 10.2 Å². The lowest BCUT2D eigenvalue weighted by molar-refractivity contribution is -0.120. The fraction of sp³-hybridized carbons (Fsp3) is 0.625. The summed E-state index contributed by atoms with van der Waals surface area (Å²) in [6, 6.07) is 6.17. The maximum atomic E-state index is 12.7. The van der Waals surface area contributed by atoms with Gasteiger partial charge in [-0.3, -0.25) is 0 Å². The van der Waals surface area contributed by atoms with Crippen LogP contribution in [0.2, 0.25) is 0 Å². The molecule has 0 bridgehead atoms. The van der Waals surface area contributed by atoms with Gasteiger partial charge in [0.05, 0.1) is 0 Å². The highest BCUT2D eigenvalue weighted by molar-refractivity contribution is 5.56. The molecule has 1 saturated carbocycles.